The molecule has 1 aromatic rings. The monoisotopic (exact) mass is 305 g/mol. The molecule has 1 heterocycles. The summed E-state index contributed by atoms with van der Waals surface area (Å²) in [5.74, 6) is 0.101. The van der Waals surface area contributed by atoms with Crippen LogP contribution in [0.2, 0.25) is 0 Å². The highest BCUT2D eigenvalue weighted by Crippen LogP contribution is 2.23. The Morgan fingerprint density at radius 3 is 2.47 bits per heavy atom. The molecule has 0 bridgehead atoms. The van der Waals surface area contributed by atoms with Crippen molar-refractivity contribution < 1.29 is 12.9 Å². The number of aryl methyl sites for hydroxylation is 2. The van der Waals surface area contributed by atoms with Gasteiger partial charge in [-0.1, -0.05) is 31.2 Å². The molecular formula is C11H19N3O3S2. The highest BCUT2D eigenvalue weighted by Gasteiger charge is 2.31. The average molecular weight is 305 g/mol. The molecule has 0 spiro atoms. The Hall–Kier alpha value is -0.990. The van der Waals surface area contributed by atoms with E-state index in [1.807, 2.05) is 0 Å². The zero-order valence-electron chi connectivity index (χ0n) is 11.5. The molecule has 1 aromatic heterocycles. The first-order valence-electron chi connectivity index (χ1n) is 5.94. The summed E-state index contributed by atoms with van der Waals surface area (Å²) in [4.78, 5) is 0.428. The lowest BCUT2D eigenvalue weighted by molar-refractivity contribution is 0.386. The van der Waals surface area contributed by atoms with Crippen molar-refractivity contribution in [1.82, 2.24) is 9.46 Å². The van der Waals surface area contributed by atoms with Crippen LogP contribution in [-0.2, 0) is 10.0 Å². The van der Waals surface area contributed by atoms with Gasteiger partial charge in [-0.2, -0.15) is 4.31 Å². The van der Waals surface area contributed by atoms with E-state index in [0.717, 1.165) is 0 Å². The fraction of sp³-hybridized carbons (Fsp3) is 0.636. The van der Waals surface area contributed by atoms with Gasteiger partial charge in [-0.3, -0.25) is 0 Å². The van der Waals surface area contributed by atoms with Crippen LogP contribution in [0.15, 0.2) is 9.42 Å². The molecule has 0 aromatic carbocycles. The smallest absolute Gasteiger partial charge is 0.248 e. The van der Waals surface area contributed by atoms with Crippen LogP contribution >= 0.6 is 12.2 Å². The molecule has 19 heavy (non-hydrogen) atoms. The van der Waals surface area contributed by atoms with Crippen LogP contribution in [0.3, 0.4) is 0 Å². The van der Waals surface area contributed by atoms with Gasteiger partial charge < -0.3 is 10.3 Å². The molecule has 0 aliphatic heterocycles. The summed E-state index contributed by atoms with van der Waals surface area (Å²) in [6.45, 7) is 7.33. The van der Waals surface area contributed by atoms with Crippen LogP contribution in [-0.4, -0.2) is 36.0 Å². The molecule has 2 N–H and O–H groups in total. The fourth-order valence-corrected chi connectivity index (χ4v) is 3.67. The van der Waals surface area contributed by atoms with Crippen molar-refractivity contribution in [3.8, 4) is 0 Å². The van der Waals surface area contributed by atoms with Gasteiger partial charge in [0.15, 0.2) is 5.76 Å². The SMILES string of the molecule is CCN(CC(C)C(N)=S)S(=O)(=O)c1c(C)noc1C. The standard InChI is InChI=1S/C11H19N3O3S2/c1-5-14(6-7(2)11(12)18)19(15,16)10-8(3)13-17-9(10)4/h7H,5-6H2,1-4H3,(H2,12,18). The third-order valence-corrected chi connectivity index (χ3v) is 5.47. The Labute approximate surface area is 119 Å². The van der Waals surface area contributed by atoms with Crippen LogP contribution in [0.4, 0.5) is 0 Å². The molecule has 0 fully saturated rings. The van der Waals surface area contributed by atoms with Crippen molar-refractivity contribution in [2.24, 2.45) is 11.7 Å². The number of nitrogens with zero attached hydrogens (tertiary/aromatic N) is 2. The Kier molecular flexibility index (Phi) is 5.05. The highest BCUT2D eigenvalue weighted by molar-refractivity contribution is 7.89. The van der Waals surface area contributed by atoms with Gasteiger partial charge in [0.05, 0.1) is 4.99 Å². The van der Waals surface area contributed by atoms with E-state index in [1.165, 1.54) is 4.31 Å². The minimum atomic E-state index is -3.64. The Morgan fingerprint density at radius 1 is 1.53 bits per heavy atom. The second kappa shape index (κ2) is 5.98. The molecule has 0 saturated heterocycles. The van der Waals surface area contributed by atoms with Crippen LogP contribution in [0.25, 0.3) is 0 Å². The summed E-state index contributed by atoms with van der Waals surface area (Å²) in [5, 5.41) is 3.68. The summed E-state index contributed by atoms with van der Waals surface area (Å²) < 4.78 is 31.4. The molecule has 6 nitrogen and oxygen atoms in total. The second-order valence-corrected chi connectivity index (χ2v) is 6.76. The van der Waals surface area contributed by atoms with E-state index >= 15 is 0 Å². The number of thiocarbonyl (C=S) groups is 1. The van der Waals surface area contributed by atoms with Gasteiger partial charge in [-0.05, 0) is 13.8 Å². The van der Waals surface area contributed by atoms with Crippen LogP contribution in [0, 0.1) is 19.8 Å². The number of hydrogen-bond donors (Lipinski definition) is 1. The maximum absolute atomic E-state index is 12.6. The first-order chi connectivity index (χ1) is 8.71. The van der Waals surface area contributed by atoms with E-state index < -0.39 is 10.0 Å². The quantitative estimate of drug-likeness (QED) is 0.795. The lowest BCUT2D eigenvalue weighted by Gasteiger charge is -2.23. The molecule has 108 valence electrons. The number of aromatic nitrogens is 1. The van der Waals surface area contributed by atoms with Gasteiger partial charge in [-0.15, -0.1) is 0 Å². The Balaban J connectivity index is 3.13. The maximum Gasteiger partial charge on any atom is 0.248 e. The summed E-state index contributed by atoms with van der Waals surface area (Å²) in [6.07, 6.45) is 0. The summed E-state index contributed by atoms with van der Waals surface area (Å²) in [6, 6.07) is 0. The molecular weight excluding hydrogens is 286 g/mol. The van der Waals surface area contributed by atoms with Crippen molar-refractivity contribution in [3.63, 3.8) is 0 Å². The largest absolute Gasteiger partial charge is 0.393 e. The number of rotatable bonds is 6. The van der Waals surface area contributed by atoms with Gasteiger partial charge in [0.2, 0.25) is 10.0 Å². The molecule has 1 rings (SSSR count). The predicted octanol–water partition coefficient (Wildman–Crippen LogP) is 1.22. The normalized spacial score (nSPS) is 13.7. The first-order valence-corrected chi connectivity index (χ1v) is 7.79. The summed E-state index contributed by atoms with van der Waals surface area (Å²) in [5.41, 5.74) is 5.90. The van der Waals surface area contributed by atoms with Crippen molar-refractivity contribution in [2.45, 2.75) is 32.6 Å². The lowest BCUT2D eigenvalue weighted by Crippen LogP contribution is -2.38. The van der Waals surface area contributed by atoms with Crippen molar-refractivity contribution in [3.05, 3.63) is 11.5 Å². The van der Waals surface area contributed by atoms with E-state index in [2.05, 4.69) is 5.16 Å². The molecule has 0 saturated carbocycles. The van der Waals surface area contributed by atoms with Crippen LogP contribution in [0.5, 0.6) is 0 Å². The van der Waals surface area contributed by atoms with E-state index in [0.29, 0.717) is 23.0 Å². The molecule has 1 atom stereocenters. The zero-order chi connectivity index (χ0) is 14.8. The second-order valence-electron chi connectivity index (χ2n) is 4.41. The summed E-state index contributed by atoms with van der Waals surface area (Å²) in [7, 11) is -3.64. The Bertz CT molecular complexity index is 546. The zero-order valence-corrected chi connectivity index (χ0v) is 13.1. The third kappa shape index (κ3) is 3.31. The lowest BCUT2D eigenvalue weighted by atomic mass is 10.2. The van der Waals surface area contributed by atoms with Crippen molar-refractivity contribution in [1.29, 1.82) is 0 Å². The Morgan fingerprint density at radius 2 is 2.11 bits per heavy atom. The van der Waals surface area contributed by atoms with E-state index in [-0.39, 0.29) is 17.4 Å². The molecule has 0 radical (unpaired) electrons. The van der Waals surface area contributed by atoms with E-state index in [9.17, 15) is 8.42 Å². The van der Waals surface area contributed by atoms with E-state index in [1.54, 1.807) is 27.7 Å². The molecule has 0 aliphatic rings. The number of hydrogen-bond acceptors (Lipinski definition) is 5. The topological polar surface area (TPSA) is 89.4 Å². The number of nitrogens with two attached hydrogens (primary N) is 1. The van der Waals surface area contributed by atoms with Crippen LogP contribution in [0.1, 0.15) is 25.3 Å². The third-order valence-electron chi connectivity index (χ3n) is 2.88. The minimum Gasteiger partial charge on any atom is -0.393 e. The molecule has 8 heteroatoms. The molecule has 0 aliphatic carbocycles. The fourth-order valence-electron chi connectivity index (χ4n) is 1.76. The number of sulfonamides is 1. The maximum atomic E-state index is 12.6. The molecule has 1 unspecified atom stereocenters. The highest BCUT2D eigenvalue weighted by atomic mass is 32.2. The van der Waals surface area contributed by atoms with Crippen molar-refractivity contribution >= 4 is 27.2 Å². The van der Waals surface area contributed by atoms with Gasteiger partial charge in [0, 0.05) is 19.0 Å². The van der Waals surface area contributed by atoms with Crippen LogP contribution < -0.4 is 5.73 Å². The average Bonchev–Trinajstić information content (AvgIpc) is 2.65. The molecule has 0 amide bonds. The van der Waals surface area contributed by atoms with E-state index in [4.69, 9.17) is 22.5 Å². The van der Waals surface area contributed by atoms with Gasteiger partial charge >= 0.3 is 0 Å². The van der Waals surface area contributed by atoms with Gasteiger partial charge in [0.1, 0.15) is 10.6 Å². The van der Waals surface area contributed by atoms with Gasteiger partial charge in [0.25, 0.3) is 0 Å². The minimum absolute atomic E-state index is 0.129. The summed E-state index contributed by atoms with van der Waals surface area (Å²) >= 11 is 4.88. The van der Waals surface area contributed by atoms with Gasteiger partial charge in [-0.25, -0.2) is 8.42 Å². The first kappa shape index (κ1) is 16.1. The van der Waals surface area contributed by atoms with Crippen molar-refractivity contribution in [2.75, 3.05) is 13.1 Å². The predicted molar refractivity (Wildman–Crippen MR) is 76.4 cm³/mol.